The number of thioether (sulfide) groups is 1. The van der Waals surface area contributed by atoms with E-state index in [0.29, 0.717) is 13.1 Å². The fourth-order valence-corrected chi connectivity index (χ4v) is 2.77. The molecular weight excluding hydrogens is 310 g/mol. The van der Waals surface area contributed by atoms with Crippen molar-refractivity contribution >= 4 is 17.7 Å². The van der Waals surface area contributed by atoms with Crippen LogP contribution in [0.2, 0.25) is 0 Å². The van der Waals surface area contributed by atoms with E-state index in [0.717, 1.165) is 18.6 Å². The fourth-order valence-electron chi connectivity index (χ4n) is 1.98. The zero-order valence-electron chi connectivity index (χ0n) is 13.2. The Balaban J connectivity index is 1.84. The van der Waals surface area contributed by atoms with Crippen molar-refractivity contribution in [2.45, 2.75) is 31.2 Å². The molecule has 6 heteroatoms. The second-order valence-electron chi connectivity index (χ2n) is 5.05. The molecule has 0 atom stereocenters. The molecular formula is C17H21N3O2S. The number of benzene rings is 1. The van der Waals surface area contributed by atoms with Crippen LogP contribution in [0, 0.1) is 0 Å². The van der Waals surface area contributed by atoms with Crippen molar-refractivity contribution in [3.05, 3.63) is 58.5 Å². The first kappa shape index (κ1) is 17.3. The van der Waals surface area contributed by atoms with Crippen LogP contribution < -0.4 is 10.9 Å². The monoisotopic (exact) mass is 331 g/mol. The summed E-state index contributed by atoms with van der Waals surface area (Å²) >= 11 is 1.68. The minimum Gasteiger partial charge on any atom is -0.350 e. The molecule has 0 unspecified atom stereocenters. The highest BCUT2D eigenvalue weighted by Gasteiger charge is 2.09. The molecule has 0 aliphatic heterocycles. The van der Waals surface area contributed by atoms with Gasteiger partial charge in [0, 0.05) is 29.8 Å². The molecule has 0 aliphatic carbocycles. The number of carbonyl (C=O) groups excluding carboxylic acids is 1. The van der Waals surface area contributed by atoms with Gasteiger partial charge in [0.05, 0.1) is 0 Å². The first-order chi connectivity index (χ1) is 11.2. The van der Waals surface area contributed by atoms with Gasteiger partial charge < -0.3 is 5.32 Å². The molecule has 0 aliphatic rings. The van der Waals surface area contributed by atoms with E-state index in [1.165, 1.54) is 21.7 Å². The number of nitrogens with one attached hydrogen (secondary N) is 1. The fraction of sp³-hybridized carbons (Fsp3) is 0.353. The van der Waals surface area contributed by atoms with E-state index in [1.54, 1.807) is 11.8 Å². The van der Waals surface area contributed by atoms with Gasteiger partial charge in [-0.3, -0.25) is 9.59 Å². The summed E-state index contributed by atoms with van der Waals surface area (Å²) in [5, 5.41) is 6.97. The molecule has 2 aromatic rings. The minimum absolute atomic E-state index is 0.172. The van der Waals surface area contributed by atoms with Crippen LogP contribution >= 0.6 is 11.8 Å². The van der Waals surface area contributed by atoms with Crippen molar-refractivity contribution in [2.24, 2.45) is 0 Å². The van der Waals surface area contributed by atoms with Crippen LogP contribution in [0.5, 0.6) is 0 Å². The lowest BCUT2D eigenvalue weighted by Gasteiger charge is -2.07. The second kappa shape index (κ2) is 9.15. The Hall–Kier alpha value is -2.08. The Morgan fingerprint density at radius 2 is 2.00 bits per heavy atom. The van der Waals surface area contributed by atoms with E-state index in [9.17, 15) is 9.59 Å². The van der Waals surface area contributed by atoms with Crippen LogP contribution in [0.4, 0.5) is 0 Å². The van der Waals surface area contributed by atoms with Gasteiger partial charge in [0.25, 0.3) is 11.5 Å². The summed E-state index contributed by atoms with van der Waals surface area (Å²) in [6.07, 6.45) is 1.84. The maximum atomic E-state index is 12.1. The topological polar surface area (TPSA) is 64.0 Å². The van der Waals surface area contributed by atoms with Gasteiger partial charge >= 0.3 is 0 Å². The van der Waals surface area contributed by atoms with Crippen LogP contribution in [0.3, 0.4) is 0 Å². The van der Waals surface area contributed by atoms with Crippen molar-refractivity contribution in [2.75, 3.05) is 12.3 Å². The van der Waals surface area contributed by atoms with E-state index >= 15 is 0 Å². The van der Waals surface area contributed by atoms with Crippen LogP contribution in [0.15, 0.2) is 52.2 Å². The normalized spacial score (nSPS) is 10.5. The average Bonchev–Trinajstić information content (AvgIpc) is 2.58. The first-order valence-electron chi connectivity index (χ1n) is 7.75. The summed E-state index contributed by atoms with van der Waals surface area (Å²) in [4.78, 5) is 25.0. The zero-order valence-corrected chi connectivity index (χ0v) is 14.0. The Bertz CT molecular complexity index is 686. The number of hydrogen-bond acceptors (Lipinski definition) is 4. The summed E-state index contributed by atoms with van der Waals surface area (Å²) in [5.41, 5.74) is 0.111. The van der Waals surface area contributed by atoms with E-state index in [2.05, 4.69) is 10.4 Å². The van der Waals surface area contributed by atoms with Crippen molar-refractivity contribution in [1.29, 1.82) is 0 Å². The smallest absolute Gasteiger partial charge is 0.271 e. The third-order valence-electron chi connectivity index (χ3n) is 3.22. The summed E-state index contributed by atoms with van der Waals surface area (Å²) in [5.74, 6) is 0.537. The van der Waals surface area contributed by atoms with Crippen LogP contribution in [0.1, 0.15) is 30.3 Å². The van der Waals surface area contributed by atoms with Gasteiger partial charge in [-0.1, -0.05) is 31.5 Å². The second-order valence-corrected chi connectivity index (χ2v) is 6.22. The highest BCUT2D eigenvalue weighted by Crippen LogP contribution is 2.15. The van der Waals surface area contributed by atoms with E-state index < -0.39 is 0 Å². The van der Waals surface area contributed by atoms with Gasteiger partial charge in [0.2, 0.25) is 0 Å². The van der Waals surface area contributed by atoms with Crippen molar-refractivity contribution < 1.29 is 4.79 Å². The van der Waals surface area contributed by atoms with Gasteiger partial charge in [-0.05, 0) is 24.6 Å². The third kappa shape index (κ3) is 5.56. The molecule has 122 valence electrons. The van der Waals surface area contributed by atoms with Crippen molar-refractivity contribution in [3.63, 3.8) is 0 Å². The molecule has 1 aromatic heterocycles. The number of unbranched alkanes of at least 4 members (excludes halogenated alkanes) is 1. The molecule has 1 amide bonds. The number of rotatable bonds is 8. The molecule has 2 rings (SSSR count). The Kier molecular flexibility index (Phi) is 6.87. The third-order valence-corrected chi connectivity index (χ3v) is 4.24. The standard InChI is InChI=1S/C17H21N3O2S/c1-2-3-12-20-16(21)10-9-15(19-20)17(22)18-11-13-23-14-7-5-4-6-8-14/h4-10H,2-3,11-13H2,1H3,(H,18,22). The molecule has 1 heterocycles. The van der Waals surface area contributed by atoms with Crippen LogP contribution in [0.25, 0.3) is 0 Å². The molecule has 0 saturated carbocycles. The molecule has 5 nitrogen and oxygen atoms in total. The lowest BCUT2D eigenvalue weighted by molar-refractivity contribution is 0.0948. The molecule has 1 N–H and O–H groups in total. The van der Waals surface area contributed by atoms with Gasteiger partial charge in [0.15, 0.2) is 0 Å². The Labute approximate surface area is 140 Å². The minimum atomic E-state index is -0.246. The lowest BCUT2D eigenvalue weighted by atomic mass is 10.3. The SMILES string of the molecule is CCCCn1nc(C(=O)NCCSc2ccccc2)ccc1=O. The van der Waals surface area contributed by atoms with E-state index in [4.69, 9.17) is 0 Å². The number of aryl methyl sites for hydroxylation is 1. The number of amides is 1. The van der Waals surface area contributed by atoms with Crippen molar-refractivity contribution in [1.82, 2.24) is 15.1 Å². The lowest BCUT2D eigenvalue weighted by Crippen LogP contribution is -2.30. The number of aromatic nitrogens is 2. The van der Waals surface area contributed by atoms with E-state index in [1.807, 2.05) is 37.3 Å². The molecule has 0 bridgehead atoms. The zero-order chi connectivity index (χ0) is 16.5. The van der Waals surface area contributed by atoms with Crippen LogP contribution in [-0.4, -0.2) is 28.0 Å². The predicted octanol–water partition coefficient (Wildman–Crippen LogP) is 2.57. The number of nitrogens with zero attached hydrogens (tertiary/aromatic N) is 2. The van der Waals surface area contributed by atoms with Gasteiger partial charge in [-0.25, -0.2) is 4.68 Å². The Morgan fingerprint density at radius 1 is 1.22 bits per heavy atom. The molecule has 0 fully saturated rings. The molecule has 0 spiro atoms. The molecule has 1 aromatic carbocycles. The van der Waals surface area contributed by atoms with Crippen molar-refractivity contribution in [3.8, 4) is 0 Å². The highest BCUT2D eigenvalue weighted by molar-refractivity contribution is 7.99. The van der Waals surface area contributed by atoms with E-state index in [-0.39, 0.29) is 17.2 Å². The van der Waals surface area contributed by atoms with Gasteiger partial charge in [-0.15, -0.1) is 11.8 Å². The molecule has 0 radical (unpaired) electrons. The average molecular weight is 331 g/mol. The highest BCUT2D eigenvalue weighted by atomic mass is 32.2. The number of carbonyl (C=O) groups is 1. The first-order valence-corrected chi connectivity index (χ1v) is 8.73. The summed E-state index contributed by atoms with van der Waals surface area (Å²) < 4.78 is 1.36. The van der Waals surface area contributed by atoms with Crippen LogP contribution in [-0.2, 0) is 6.54 Å². The summed E-state index contributed by atoms with van der Waals surface area (Å²) in [6, 6.07) is 12.9. The predicted molar refractivity (Wildman–Crippen MR) is 92.9 cm³/mol. The maximum Gasteiger partial charge on any atom is 0.271 e. The summed E-state index contributed by atoms with van der Waals surface area (Å²) in [6.45, 7) is 3.14. The summed E-state index contributed by atoms with van der Waals surface area (Å²) in [7, 11) is 0. The van der Waals surface area contributed by atoms with Gasteiger partial charge in [0.1, 0.15) is 5.69 Å². The largest absolute Gasteiger partial charge is 0.350 e. The maximum absolute atomic E-state index is 12.1. The number of hydrogen-bond donors (Lipinski definition) is 1. The van der Waals surface area contributed by atoms with Gasteiger partial charge in [-0.2, -0.15) is 5.10 Å². The molecule has 0 saturated heterocycles. The quantitative estimate of drug-likeness (QED) is 0.596. The molecule has 23 heavy (non-hydrogen) atoms. The Morgan fingerprint density at radius 3 is 2.74 bits per heavy atom.